The Hall–Kier alpha value is -1.10. The van der Waals surface area contributed by atoms with Gasteiger partial charge in [-0.3, -0.25) is 0 Å². The van der Waals surface area contributed by atoms with Crippen molar-refractivity contribution in [3.63, 3.8) is 0 Å². The van der Waals surface area contributed by atoms with E-state index in [0.29, 0.717) is 15.0 Å². The number of benzene rings is 1. The van der Waals surface area contributed by atoms with Crippen molar-refractivity contribution >= 4 is 22.9 Å². The number of hydrogen-bond acceptors (Lipinski definition) is 3. The maximum Gasteiger partial charge on any atom is 0.133 e. The molecule has 0 saturated carbocycles. The van der Waals surface area contributed by atoms with E-state index in [4.69, 9.17) is 16.3 Å². The van der Waals surface area contributed by atoms with Crippen molar-refractivity contribution in [1.82, 2.24) is 0 Å². The van der Waals surface area contributed by atoms with Gasteiger partial charge >= 0.3 is 0 Å². The molecule has 0 aliphatic heterocycles. The third-order valence-corrected chi connectivity index (χ3v) is 4.26. The fourth-order valence-electron chi connectivity index (χ4n) is 1.72. The third kappa shape index (κ3) is 2.36. The van der Waals surface area contributed by atoms with Gasteiger partial charge in [0.05, 0.1) is 17.0 Å². The van der Waals surface area contributed by atoms with E-state index in [-0.39, 0.29) is 5.56 Å². The van der Waals surface area contributed by atoms with Gasteiger partial charge in [-0.25, -0.2) is 4.39 Å². The molecular weight excluding hydrogens is 275 g/mol. The number of rotatable bonds is 3. The predicted octanol–water partition coefficient (Wildman–Crippen LogP) is 3.94. The summed E-state index contributed by atoms with van der Waals surface area (Å²) in [6.07, 6.45) is -1.07. The lowest BCUT2D eigenvalue weighted by Gasteiger charge is -2.14. The molecule has 0 amide bonds. The van der Waals surface area contributed by atoms with Crippen LogP contribution in [0, 0.1) is 12.7 Å². The second-order valence-electron chi connectivity index (χ2n) is 3.86. The summed E-state index contributed by atoms with van der Waals surface area (Å²) in [5.41, 5.74) is 1.00. The smallest absolute Gasteiger partial charge is 0.133 e. The third-order valence-electron chi connectivity index (χ3n) is 2.65. The molecule has 96 valence electrons. The normalized spacial score (nSPS) is 12.5. The molecule has 0 aliphatic carbocycles. The van der Waals surface area contributed by atoms with E-state index in [1.54, 1.807) is 12.1 Å². The maximum atomic E-state index is 13.8. The average Bonchev–Trinajstić information content (AvgIpc) is 2.68. The number of thiophene rings is 1. The SMILES string of the molecule is COc1cccc(F)c1C(O)c1cc(C)c(Cl)s1. The molecule has 1 aromatic carbocycles. The Morgan fingerprint density at radius 1 is 1.44 bits per heavy atom. The first-order valence-corrected chi connectivity index (χ1v) is 6.50. The number of aryl methyl sites for hydroxylation is 1. The molecule has 1 aromatic heterocycles. The largest absolute Gasteiger partial charge is 0.496 e. The van der Waals surface area contributed by atoms with Gasteiger partial charge in [0, 0.05) is 4.88 Å². The zero-order chi connectivity index (χ0) is 13.3. The molecule has 1 N–H and O–H groups in total. The van der Waals surface area contributed by atoms with E-state index < -0.39 is 11.9 Å². The highest BCUT2D eigenvalue weighted by Gasteiger charge is 2.22. The molecular formula is C13H12ClFO2S. The zero-order valence-corrected chi connectivity index (χ0v) is 11.5. The lowest BCUT2D eigenvalue weighted by Crippen LogP contribution is -2.03. The standard InChI is InChI=1S/C13H12ClFO2S/c1-7-6-10(18-13(7)14)12(16)11-8(15)4-3-5-9(11)17-2/h3-6,12,16H,1-2H3. The molecule has 0 radical (unpaired) electrons. The number of ether oxygens (including phenoxy) is 1. The highest BCUT2D eigenvalue weighted by Crippen LogP contribution is 2.38. The lowest BCUT2D eigenvalue weighted by atomic mass is 10.1. The van der Waals surface area contributed by atoms with Gasteiger partial charge in [0.15, 0.2) is 0 Å². The second-order valence-corrected chi connectivity index (χ2v) is 5.55. The Morgan fingerprint density at radius 3 is 2.72 bits per heavy atom. The summed E-state index contributed by atoms with van der Waals surface area (Å²) in [7, 11) is 1.44. The van der Waals surface area contributed by atoms with Crippen molar-refractivity contribution in [3.8, 4) is 5.75 Å². The van der Waals surface area contributed by atoms with Crippen LogP contribution in [0.25, 0.3) is 0 Å². The summed E-state index contributed by atoms with van der Waals surface area (Å²) >= 11 is 7.20. The number of halogens is 2. The minimum absolute atomic E-state index is 0.137. The van der Waals surface area contributed by atoms with Crippen LogP contribution in [-0.4, -0.2) is 12.2 Å². The molecule has 18 heavy (non-hydrogen) atoms. The van der Waals surface area contributed by atoms with Crippen molar-refractivity contribution in [1.29, 1.82) is 0 Å². The first kappa shape index (κ1) is 13.3. The van der Waals surface area contributed by atoms with Crippen LogP contribution >= 0.6 is 22.9 Å². The van der Waals surface area contributed by atoms with Gasteiger partial charge in [-0.2, -0.15) is 0 Å². The molecule has 0 bridgehead atoms. The van der Waals surface area contributed by atoms with Crippen molar-refractivity contribution in [2.75, 3.05) is 7.11 Å². The quantitative estimate of drug-likeness (QED) is 0.926. The lowest BCUT2D eigenvalue weighted by molar-refractivity contribution is 0.212. The highest BCUT2D eigenvalue weighted by molar-refractivity contribution is 7.16. The Morgan fingerprint density at radius 2 is 2.17 bits per heavy atom. The summed E-state index contributed by atoms with van der Waals surface area (Å²) in [5, 5.41) is 10.3. The summed E-state index contributed by atoms with van der Waals surface area (Å²) in [6, 6.07) is 6.20. The molecule has 2 aromatic rings. The zero-order valence-electron chi connectivity index (χ0n) is 9.91. The molecule has 1 unspecified atom stereocenters. The molecule has 2 rings (SSSR count). The van der Waals surface area contributed by atoms with E-state index in [9.17, 15) is 9.50 Å². The maximum absolute atomic E-state index is 13.8. The number of methoxy groups -OCH3 is 1. The van der Waals surface area contributed by atoms with Crippen LogP contribution < -0.4 is 4.74 Å². The first-order chi connectivity index (χ1) is 8.54. The fourth-order valence-corrected chi connectivity index (χ4v) is 2.94. The molecule has 0 fully saturated rings. The van der Waals surface area contributed by atoms with Gasteiger partial charge in [-0.05, 0) is 30.7 Å². The topological polar surface area (TPSA) is 29.5 Å². The number of aliphatic hydroxyl groups is 1. The minimum Gasteiger partial charge on any atom is -0.496 e. The van der Waals surface area contributed by atoms with Crippen LogP contribution in [-0.2, 0) is 0 Å². The second kappa shape index (κ2) is 5.26. The molecule has 1 heterocycles. The van der Waals surface area contributed by atoms with E-state index in [1.807, 2.05) is 6.92 Å². The first-order valence-electron chi connectivity index (χ1n) is 5.31. The van der Waals surface area contributed by atoms with Crippen molar-refractivity contribution in [2.45, 2.75) is 13.0 Å². The number of aliphatic hydroxyl groups excluding tert-OH is 1. The van der Waals surface area contributed by atoms with Crippen molar-refractivity contribution < 1.29 is 14.2 Å². The van der Waals surface area contributed by atoms with Gasteiger partial charge in [0.1, 0.15) is 17.7 Å². The summed E-state index contributed by atoms with van der Waals surface area (Å²) in [6.45, 7) is 1.84. The monoisotopic (exact) mass is 286 g/mol. The van der Waals surface area contributed by atoms with Crippen LogP contribution in [0.15, 0.2) is 24.3 Å². The molecule has 0 spiro atoms. The molecule has 5 heteroatoms. The Labute approximate surface area is 114 Å². The molecule has 2 nitrogen and oxygen atoms in total. The predicted molar refractivity (Wildman–Crippen MR) is 71.1 cm³/mol. The van der Waals surface area contributed by atoms with Gasteiger partial charge in [-0.1, -0.05) is 17.7 Å². The Balaban J connectivity index is 2.48. The van der Waals surface area contributed by atoms with Crippen LogP contribution in [0.4, 0.5) is 4.39 Å². The molecule has 1 atom stereocenters. The summed E-state index contributed by atoms with van der Waals surface area (Å²) in [5.74, 6) is -0.172. The van der Waals surface area contributed by atoms with Crippen molar-refractivity contribution in [3.05, 3.63) is 50.4 Å². The van der Waals surface area contributed by atoms with Gasteiger partial charge in [0.25, 0.3) is 0 Å². The van der Waals surface area contributed by atoms with E-state index in [0.717, 1.165) is 5.56 Å². The van der Waals surface area contributed by atoms with E-state index in [2.05, 4.69) is 0 Å². The van der Waals surface area contributed by atoms with Crippen LogP contribution in [0.3, 0.4) is 0 Å². The summed E-state index contributed by atoms with van der Waals surface area (Å²) < 4.78 is 19.5. The van der Waals surface area contributed by atoms with Crippen LogP contribution in [0.1, 0.15) is 22.1 Å². The van der Waals surface area contributed by atoms with Crippen LogP contribution in [0.5, 0.6) is 5.75 Å². The van der Waals surface area contributed by atoms with E-state index >= 15 is 0 Å². The van der Waals surface area contributed by atoms with Crippen LogP contribution in [0.2, 0.25) is 4.34 Å². The molecule has 0 aliphatic rings. The van der Waals surface area contributed by atoms with Crippen molar-refractivity contribution in [2.24, 2.45) is 0 Å². The minimum atomic E-state index is -1.07. The fraction of sp³-hybridized carbons (Fsp3) is 0.231. The van der Waals surface area contributed by atoms with Gasteiger partial charge in [-0.15, -0.1) is 11.3 Å². The van der Waals surface area contributed by atoms with Gasteiger partial charge < -0.3 is 9.84 Å². The van der Waals surface area contributed by atoms with Gasteiger partial charge in [0.2, 0.25) is 0 Å². The summed E-state index contributed by atoms with van der Waals surface area (Å²) in [4.78, 5) is 0.598. The highest BCUT2D eigenvalue weighted by atomic mass is 35.5. The average molecular weight is 287 g/mol. The molecule has 0 saturated heterocycles. The Kier molecular flexibility index (Phi) is 3.90. The number of hydrogen-bond donors (Lipinski definition) is 1. The Bertz CT molecular complexity index is 549. The van der Waals surface area contributed by atoms with E-state index in [1.165, 1.54) is 30.6 Å².